The van der Waals surface area contributed by atoms with Crippen molar-refractivity contribution in [3.63, 3.8) is 0 Å². The van der Waals surface area contributed by atoms with Crippen LogP contribution in [0.4, 0.5) is 5.69 Å². The first-order chi connectivity index (χ1) is 16.4. The van der Waals surface area contributed by atoms with Gasteiger partial charge in [0.25, 0.3) is 11.7 Å². The molecule has 1 aliphatic heterocycles. The molecule has 2 N–H and O–H groups in total. The lowest BCUT2D eigenvalue weighted by molar-refractivity contribution is -0.132. The van der Waals surface area contributed by atoms with Gasteiger partial charge >= 0.3 is 0 Å². The van der Waals surface area contributed by atoms with E-state index in [-0.39, 0.29) is 17.1 Å². The Hall–Kier alpha value is -4.26. The molecule has 1 amide bonds. The third kappa shape index (κ3) is 3.96. The van der Waals surface area contributed by atoms with Gasteiger partial charge in [-0.25, -0.2) is 0 Å². The fourth-order valence-corrected chi connectivity index (χ4v) is 4.10. The smallest absolute Gasteiger partial charge is 0.300 e. The number of methoxy groups -OCH3 is 2. The fourth-order valence-electron chi connectivity index (χ4n) is 4.10. The van der Waals surface area contributed by atoms with Gasteiger partial charge in [-0.2, -0.15) is 0 Å². The second-order valence-electron chi connectivity index (χ2n) is 7.85. The van der Waals surface area contributed by atoms with E-state index in [9.17, 15) is 19.8 Å². The van der Waals surface area contributed by atoms with Crippen LogP contribution in [0.2, 0.25) is 0 Å². The molecule has 0 radical (unpaired) electrons. The molecule has 1 fully saturated rings. The molecule has 1 saturated heterocycles. The van der Waals surface area contributed by atoms with Crippen LogP contribution in [0.25, 0.3) is 5.76 Å². The number of ether oxygens (including phenoxy) is 2. The van der Waals surface area contributed by atoms with E-state index >= 15 is 0 Å². The predicted molar refractivity (Wildman–Crippen MR) is 128 cm³/mol. The summed E-state index contributed by atoms with van der Waals surface area (Å²) in [5, 5.41) is 21.0. The zero-order valence-corrected chi connectivity index (χ0v) is 19.1. The molecule has 3 aromatic carbocycles. The summed E-state index contributed by atoms with van der Waals surface area (Å²) < 4.78 is 10.6. The van der Waals surface area contributed by atoms with Crippen LogP contribution in [0, 0.1) is 0 Å². The summed E-state index contributed by atoms with van der Waals surface area (Å²) in [6.07, 6.45) is 0.833. The highest BCUT2D eigenvalue weighted by Gasteiger charge is 2.47. The molecular formula is C27H25NO6. The number of amides is 1. The van der Waals surface area contributed by atoms with Crippen LogP contribution in [0.15, 0.2) is 72.3 Å². The number of aromatic hydroxyl groups is 1. The van der Waals surface area contributed by atoms with E-state index in [1.54, 1.807) is 42.5 Å². The maximum Gasteiger partial charge on any atom is 0.300 e. The van der Waals surface area contributed by atoms with E-state index in [1.807, 2.05) is 19.1 Å². The normalized spacial score (nSPS) is 17.1. The van der Waals surface area contributed by atoms with Gasteiger partial charge in [0.05, 0.1) is 25.8 Å². The number of anilines is 1. The fraction of sp³-hybridized carbons (Fsp3) is 0.185. The highest BCUT2D eigenvalue weighted by Crippen LogP contribution is 2.43. The SMILES string of the molecule is CCc1ccc(N2C(=O)C(=O)/C(=C(\O)c3ccc(OC)c(OC)c3)C2c2ccc(O)cc2)cc1. The van der Waals surface area contributed by atoms with E-state index < -0.39 is 17.7 Å². The van der Waals surface area contributed by atoms with Crippen LogP contribution in [0.3, 0.4) is 0 Å². The number of phenolic OH excluding ortho intramolecular Hbond substituents is 1. The number of aryl methyl sites for hydroxylation is 1. The van der Waals surface area contributed by atoms with Gasteiger partial charge < -0.3 is 19.7 Å². The molecule has 0 bridgehead atoms. The number of hydrogen-bond donors (Lipinski definition) is 2. The van der Waals surface area contributed by atoms with Crippen LogP contribution in [0.1, 0.15) is 29.7 Å². The quantitative estimate of drug-likeness (QED) is 0.318. The van der Waals surface area contributed by atoms with Crippen LogP contribution in [-0.2, 0) is 16.0 Å². The number of aliphatic hydroxyl groups excluding tert-OH is 1. The molecule has 0 saturated carbocycles. The van der Waals surface area contributed by atoms with Gasteiger partial charge in [0.2, 0.25) is 0 Å². The lowest BCUT2D eigenvalue weighted by atomic mass is 9.95. The number of benzene rings is 3. The van der Waals surface area contributed by atoms with Crippen LogP contribution >= 0.6 is 0 Å². The molecule has 3 aromatic rings. The van der Waals surface area contributed by atoms with Gasteiger partial charge in [0.15, 0.2) is 11.5 Å². The molecule has 34 heavy (non-hydrogen) atoms. The Kier molecular flexibility index (Phi) is 6.27. The summed E-state index contributed by atoms with van der Waals surface area (Å²) in [7, 11) is 2.97. The Morgan fingerprint density at radius 2 is 1.56 bits per heavy atom. The van der Waals surface area contributed by atoms with Crippen LogP contribution in [0.5, 0.6) is 17.2 Å². The summed E-state index contributed by atoms with van der Waals surface area (Å²) in [6.45, 7) is 2.03. The van der Waals surface area contributed by atoms with Crippen molar-refractivity contribution in [1.82, 2.24) is 0 Å². The third-order valence-electron chi connectivity index (χ3n) is 5.93. The van der Waals surface area contributed by atoms with Gasteiger partial charge in [-0.15, -0.1) is 0 Å². The zero-order chi connectivity index (χ0) is 24.4. The van der Waals surface area contributed by atoms with Crippen molar-refractivity contribution >= 4 is 23.1 Å². The van der Waals surface area contributed by atoms with E-state index in [0.717, 1.165) is 12.0 Å². The number of carbonyl (C=O) groups is 2. The Morgan fingerprint density at radius 1 is 0.912 bits per heavy atom. The Balaban J connectivity index is 1.91. The van der Waals surface area contributed by atoms with Crippen LogP contribution < -0.4 is 14.4 Å². The second kappa shape index (κ2) is 9.31. The number of nitrogens with zero attached hydrogens (tertiary/aromatic N) is 1. The molecule has 174 valence electrons. The lowest BCUT2D eigenvalue weighted by Crippen LogP contribution is -2.29. The molecule has 7 nitrogen and oxygen atoms in total. The maximum atomic E-state index is 13.2. The first kappa shape index (κ1) is 22.9. The van der Waals surface area contributed by atoms with Gasteiger partial charge in [0, 0.05) is 11.3 Å². The number of carbonyl (C=O) groups excluding carboxylic acids is 2. The minimum Gasteiger partial charge on any atom is -0.508 e. The third-order valence-corrected chi connectivity index (χ3v) is 5.93. The Bertz CT molecular complexity index is 1260. The van der Waals surface area contributed by atoms with E-state index in [0.29, 0.717) is 28.3 Å². The summed E-state index contributed by atoms with van der Waals surface area (Å²) in [4.78, 5) is 27.8. The Labute approximate surface area is 197 Å². The molecule has 0 aromatic heterocycles. The number of ketones is 1. The molecule has 4 rings (SSSR count). The largest absolute Gasteiger partial charge is 0.508 e. The summed E-state index contributed by atoms with van der Waals surface area (Å²) >= 11 is 0. The first-order valence-corrected chi connectivity index (χ1v) is 10.8. The second-order valence-corrected chi connectivity index (χ2v) is 7.85. The first-order valence-electron chi connectivity index (χ1n) is 10.8. The molecule has 1 aliphatic rings. The highest BCUT2D eigenvalue weighted by molar-refractivity contribution is 6.51. The van der Waals surface area contributed by atoms with Crippen molar-refractivity contribution in [2.75, 3.05) is 19.1 Å². The molecule has 1 heterocycles. The average Bonchev–Trinajstić information content (AvgIpc) is 3.13. The molecular weight excluding hydrogens is 434 g/mol. The van der Waals surface area contributed by atoms with Gasteiger partial charge in [-0.1, -0.05) is 31.2 Å². The van der Waals surface area contributed by atoms with Crippen molar-refractivity contribution in [2.24, 2.45) is 0 Å². The topological polar surface area (TPSA) is 96.3 Å². The molecule has 0 aliphatic carbocycles. The van der Waals surface area contributed by atoms with Crippen molar-refractivity contribution in [3.8, 4) is 17.2 Å². The standard InChI is InChI=1S/C27H25NO6/c1-4-16-5-10-19(11-6-16)28-24(17-7-12-20(29)13-8-17)23(26(31)27(28)32)25(30)18-9-14-21(33-2)22(15-18)34-3/h5-15,24,29-30H,4H2,1-3H3/b25-23-. The average molecular weight is 459 g/mol. The summed E-state index contributed by atoms with van der Waals surface area (Å²) in [5.41, 5.74) is 2.44. The number of aliphatic hydroxyl groups is 1. The van der Waals surface area contributed by atoms with E-state index in [1.165, 1.54) is 31.3 Å². The minimum absolute atomic E-state index is 0.0490. The van der Waals surface area contributed by atoms with E-state index in [4.69, 9.17) is 9.47 Å². The summed E-state index contributed by atoms with van der Waals surface area (Å²) in [6, 6.07) is 17.4. The molecule has 1 atom stereocenters. The molecule has 7 heteroatoms. The van der Waals surface area contributed by atoms with Crippen LogP contribution in [-0.4, -0.2) is 36.1 Å². The van der Waals surface area contributed by atoms with Gasteiger partial charge in [-0.05, 0) is 60.0 Å². The monoisotopic (exact) mass is 459 g/mol. The lowest BCUT2D eigenvalue weighted by Gasteiger charge is -2.25. The van der Waals surface area contributed by atoms with Gasteiger partial charge in [-0.3, -0.25) is 14.5 Å². The predicted octanol–water partition coefficient (Wildman–Crippen LogP) is 4.60. The van der Waals surface area contributed by atoms with Crippen molar-refractivity contribution in [1.29, 1.82) is 0 Å². The molecule has 1 unspecified atom stereocenters. The van der Waals surface area contributed by atoms with Crippen molar-refractivity contribution < 1.29 is 29.3 Å². The summed E-state index contributed by atoms with van der Waals surface area (Å²) in [5.74, 6) is -0.991. The highest BCUT2D eigenvalue weighted by atomic mass is 16.5. The number of hydrogen-bond acceptors (Lipinski definition) is 6. The number of Topliss-reactive ketones (excluding diaryl/α,β-unsaturated/α-hetero) is 1. The van der Waals surface area contributed by atoms with Crippen molar-refractivity contribution in [3.05, 3.63) is 89.0 Å². The molecule has 0 spiro atoms. The van der Waals surface area contributed by atoms with Gasteiger partial charge in [0.1, 0.15) is 11.5 Å². The van der Waals surface area contributed by atoms with E-state index in [2.05, 4.69) is 0 Å². The maximum absolute atomic E-state index is 13.2. The number of rotatable bonds is 6. The van der Waals surface area contributed by atoms with Crippen molar-refractivity contribution in [2.45, 2.75) is 19.4 Å². The zero-order valence-electron chi connectivity index (χ0n) is 19.1. The minimum atomic E-state index is -0.888. The Morgan fingerprint density at radius 3 is 2.15 bits per heavy atom. The number of phenols is 1.